The lowest BCUT2D eigenvalue weighted by molar-refractivity contribution is -0.129. The minimum atomic E-state index is -3.27. The molecule has 9 aromatic carbocycles. The van der Waals surface area contributed by atoms with Gasteiger partial charge in [-0.15, -0.1) is 0 Å². The van der Waals surface area contributed by atoms with Crippen LogP contribution in [0.5, 0.6) is 0 Å². The van der Waals surface area contributed by atoms with Gasteiger partial charge in [0, 0.05) is 133 Å². The molecule has 1 aliphatic heterocycles. The van der Waals surface area contributed by atoms with E-state index in [1.165, 1.54) is 93.6 Å². The third kappa shape index (κ3) is 24.7. The van der Waals surface area contributed by atoms with Gasteiger partial charge in [-0.3, -0.25) is 33.6 Å². The number of nitrogen functional groups attached to an aromatic ring is 4. The third-order valence-corrected chi connectivity index (χ3v) is 20.3. The van der Waals surface area contributed by atoms with Gasteiger partial charge in [-0.05, 0) is 155 Å². The first-order valence-electron chi connectivity index (χ1n) is 44.9. The summed E-state index contributed by atoms with van der Waals surface area (Å²) in [6.45, 7) is -8.37. The molecule has 1 heterocycles. The second kappa shape index (κ2) is 44.1. The lowest BCUT2D eigenvalue weighted by Crippen LogP contribution is -2.43. The highest BCUT2D eigenvalue weighted by Gasteiger charge is 2.39. The molecule has 626 valence electrons. The molecule has 9 aromatic rings. The number of primary amides is 2. The van der Waals surface area contributed by atoms with Gasteiger partial charge in [0.15, 0.2) is 23.1 Å². The highest BCUT2D eigenvalue weighted by molar-refractivity contribution is 6.39. The minimum Gasteiger partial charge on any atom is -0.447 e. The Balaban J connectivity index is 0.000000255. The number of imide groups is 1. The van der Waals surface area contributed by atoms with Crippen LogP contribution in [0.4, 0.5) is 45.1 Å². The topological polar surface area (TPSA) is 367 Å². The third-order valence-electron chi connectivity index (χ3n) is 17.7. The van der Waals surface area contributed by atoms with E-state index in [1.54, 1.807) is 0 Å². The molecular formula is C86H89Cl8F4N11O9. The van der Waals surface area contributed by atoms with Crippen molar-refractivity contribution in [2.24, 2.45) is 17.2 Å². The number of nitrogens with two attached hydrogens (primary N) is 7. The van der Waals surface area contributed by atoms with Crippen LogP contribution in [0.1, 0.15) is 236 Å². The molecule has 118 heavy (non-hydrogen) atoms. The van der Waals surface area contributed by atoms with Gasteiger partial charge in [0.1, 0.15) is 29.9 Å². The monoisotopic (exact) mass is 1800 g/mol. The van der Waals surface area contributed by atoms with Gasteiger partial charge in [0.05, 0.1) is 91.2 Å². The van der Waals surface area contributed by atoms with E-state index in [0.717, 1.165) is 59.0 Å². The van der Waals surface area contributed by atoms with Crippen molar-refractivity contribution in [1.29, 1.82) is 0 Å². The van der Waals surface area contributed by atoms with Crippen LogP contribution in [0.15, 0.2) is 152 Å². The van der Waals surface area contributed by atoms with Gasteiger partial charge >= 0.3 is 6.09 Å². The van der Waals surface area contributed by atoms with Crippen LogP contribution in [0, 0.1) is 23.3 Å². The number of ketones is 4. The zero-order valence-electron chi connectivity index (χ0n) is 82.3. The number of benzene rings is 9. The Kier molecular flexibility index (Phi) is 25.9. The average Bonchev–Trinajstić information content (AvgIpc) is 1.18. The summed E-state index contributed by atoms with van der Waals surface area (Å²) in [5.41, 5.74) is 35.9. The SMILES string of the molecule is [2H]C([2H])([2H])C([2H])([2H])[C@@H](N)c1ccc(Cl)c(C(=O)c2ccc(N)c(Cl)c2)c1F.[2H]C([2H])([2H])C([2H])([2H])[C@@H](NC(C)CC(=O)N1C(=O)OC[C@H]1Cc1ccccc1)c1ccc(Cl)c(C(=O)c2ccc(N)c(Cl)c2)c1F.[2H]C([2H])([2H])C([2H])([2H])[C@@H](N[C@@H](C)CC(N)=O)c1ccc(Cl)c(C(=O)c2ccc(N)c(Cl)c2)c1F.[2H]C([2H])([2H])C([2H])([2H])[C@@H](N[C@H](C)CC(N)=O)c1ccc(Cl)c(C(=O)c2ccc(N)c(Cl)c2)c1F. The normalized spacial score (nSPS) is 17.5. The van der Waals surface area contributed by atoms with E-state index in [-0.39, 0.29) is 111 Å². The predicted octanol–water partition coefficient (Wildman–Crippen LogP) is 19.2. The maximum Gasteiger partial charge on any atom is 0.416 e. The number of ether oxygens (including phenoxy) is 1. The molecule has 1 aliphatic rings. The first kappa shape index (κ1) is 69.4. The van der Waals surface area contributed by atoms with Gasteiger partial charge in [0.2, 0.25) is 17.7 Å². The Morgan fingerprint density at radius 1 is 0.441 bits per heavy atom. The van der Waals surface area contributed by atoms with Crippen molar-refractivity contribution >= 4 is 163 Å². The molecule has 8 atom stereocenters. The number of carbonyl (C=O) groups excluding carboxylic acids is 8. The van der Waals surface area contributed by atoms with E-state index in [4.69, 9.17) is 165 Å². The number of hydrogen-bond acceptors (Lipinski definition) is 17. The molecule has 4 amide bonds. The van der Waals surface area contributed by atoms with Crippen molar-refractivity contribution in [3.8, 4) is 0 Å². The van der Waals surface area contributed by atoms with Crippen LogP contribution >= 0.6 is 92.8 Å². The molecule has 0 aliphatic carbocycles. The zero-order chi connectivity index (χ0) is 105. The van der Waals surface area contributed by atoms with E-state index in [2.05, 4.69) is 16.0 Å². The highest BCUT2D eigenvalue weighted by Crippen LogP contribution is 2.37. The molecule has 32 heteroatoms. The Hall–Kier alpha value is -9.38. The quantitative estimate of drug-likeness (QED) is 0.0114. The lowest BCUT2D eigenvalue weighted by Gasteiger charge is -2.26. The van der Waals surface area contributed by atoms with Gasteiger partial charge in [-0.25, -0.2) is 27.3 Å². The number of nitrogens with one attached hydrogen (secondary N) is 3. The second-order valence-electron chi connectivity index (χ2n) is 26.4. The summed E-state index contributed by atoms with van der Waals surface area (Å²) in [4.78, 5) is 101. The average molecular weight is 1800 g/mol. The predicted molar refractivity (Wildman–Crippen MR) is 461 cm³/mol. The van der Waals surface area contributed by atoms with Crippen molar-refractivity contribution < 1.29 is 88.1 Å². The van der Waals surface area contributed by atoms with Crippen LogP contribution in [-0.2, 0) is 25.5 Å². The van der Waals surface area contributed by atoms with Crippen molar-refractivity contribution in [2.75, 3.05) is 29.5 Å². The summed E-state index contributed by atoms with van der Waals surface area (Å²) in [5, 5.41) is 7.15. The van der Waals surface area contributed by atoms with E-state index < -0.39 is 216 Å². The summed E-state index contributed by atoms with van der Waals surface area (Å²) in [6, 6.07) is 23.2. The van der Waals surface area contributed by atoms with Crippen molar-refractivity contribution in [1.82, 2.24) is 20.9 Å². The summed E-state index contributed by atoms with van der Waals surface area (Å²) in [5.74, 6) is -10.4. The number of rotatable bonds is 30. The molecule has 17 N–H and O–H groups in total. The van der Waals surface area contributed by atoms with Crippen LogP contribution in [0.25, 0.3) is 0 Å². The number of hydrogen-bond donors (Lipinski definition) is 10. The zero-order valence-corrected chi connectivity index (χ0v) is 68.3. The molecular weight excluding hydrogens is 1690 g/mol. The molecule has 1 unspecified atom stereocenters. The molecule has 0 radical (unpaired) electrons. The van der Waals surface area contributed by atoms with E-state index in [1.807, 2.05) is 30.3 Å². The smallest absolute Gasteiger partial charge is 0.416 e. The second-order valence-corrected chi connectivity index (χ2v) is 29.6. The maximum atomic E-state index is 16.2. The van der Waals surface area contributed by atoms with Gasteiger partial charge in [-0.1, -0.05) is 175 Å². The molecule has 1 fully saturated rings. The molecule has 0 aromatic heterocycles. The Labute approximate surface area is 749 Å². The Morgan fingerprint density at radius 3 is 1.03 bits per heavy atom. The van der Waals surface area contributed by atoms with Crippen molar-refractivity contribution in [3.63, 3.8) is 0 Å². The van der Waals surface area contributed by atoms with Gasteiger partial charge in [-0.2, -0.15) is 0 Å². The summed E-state index contributed by atoms with van der Waals surface area (Å²) in [6.07, 6.45) is -13.5. The number of carbonyl (C=O) groups is 8. The molecule has 0 saturated carbocycles. The number of cyclic esters (lactones) is 1. The number of halogens is 12. The van der Waals surface area contributed by atoms with Crippen LogP contribution in [0.2, 0.25) is 40.2 Å². The molecule has 1 saturated heterocycles. The van der Waals surface area contributed by atoms with Crippen molar-refractivity contribution in [3.05, 3.63) is 287 Å². The summed E-state index contributed by atoms with van der Waals surface area (Å²) < 4.78 is 224. The molecule has 10 rings (SSSR count). The van der Waals surface area contributed by atoms with Crippen LogP contribution in [0.3, 0.4) is 0 Å². The molecule has 20 nitrogen and oxygen atoms in total. The Morgan fingerprint density at radius 2 is 0.737 bits per heavy atom. The number of nitrogens with zero attached hydrogens (tertiary/aromatic N) is 1. The fourth-order valence-electron chi connectivity index (χ4n) is 11.8. The first-order chi connectivity index (χ1) is 63.5. The fourth-order valence-corrected chi connectivity index (χ4v) is 13.4. The minimum absolute atomic E-state index is 0.000414. The number of amides is 4. The fraction of sp³-hybridized carbons (Fsp3) is 0.279. The lowest BCUT2D eigenvalue weighted by atomic mass is 9.95. The van der Waals surface area contributed by atoms with E-state index >= 15 is 17.6 Å². The van der Waals surface area contributed by atoms with Crippen LogP contribution < -0.4 is 56.1 Å². The summed E-state index contributed by atoms with van der Waals surface area (Å²) in [7, 11) is 0. The largest absolute Gasteiger partial charge is 0.447 e. The summed E-state index contributed by atoms with van der Waals surface area (Å²) >= 11 is 48.2. The van der Waals surface area contributed by atoms with E-state index in [0.29, 0.717) is 6.42 Å². The van der Waals surface area contributed by atoms with Crippen molar-refractivity contribution in [2.45, 2.75) is 148 Å². The van der Waals surface area contributed by atoms with Gasteiger partial charge < -0.3 is 60.8 Å². The standard InChI is InChI=1S/C30H30Cl2FN3O4.2C20H22Cl2FN3O2.C16H15Cl2FN2O/c1-3-25(21-10-11-22(31)27(28(21)33)29(38)19-9-12-24(34)23(32)15-19)35-17(2)13-26(37)36-20(16-40-30(36)39)14-18-7-5-4-6-8-18;2*1-3-16(26-10(2)8-17(25)27)12-5-6-13(21)18(19(12)23)20(28)11-4-7-15(24)14(22)9-11;1-2-12(20)9-4-5-10(17)14(15(9)19)16(22)8-3-6-13(21)11(18)7-8/h4-12,15,17,20,25,35H,3,13-14,16,34H2,1-2H3;2*4-7,9-10,16,26H,3,8,24H2,1-2H3,(H2,25,27);3-7,12H,2,20-21H2,1H3/t17?,20-,25-;10-,16+;10-,16-;12-/m1011/s1/i3*1D3,3D2;1D3,2D2. The number of anilines is 4. The van der Waals surface area contributed by atoms with Gasteiger partial charge in [0.25, 0.3) is 0 Å². The van der Waals surface area contributed by atoms with Crippen LogP contribution in [-0.4, -0.2) is 82.6 Å². The highest BCUT2D eigenvalue weighted by atomic mass is 35.5. The maximum absolute atomic E-state index is 16.2. The Bertz CT molecular complexity index is 5940. The molecule has 0 bridgehead atoms. The molecule has 0 spiro atoms. The van der Waals surface area contributed by atoms with E-state index in [9.17, 15) is 38.4 Å². The first-order valence-corrected chi connectivity index (χ1v) is 37.9.